The molecule has 0 saturated carbocycles. The SMILES string of the molecule is CCCCCCNC(=S)Nc1ccc(C(C)C)cc1. The molecule has 0 heterocycles. The average molecular weight is 278 g/mol. The maximum atomic E-state index is 5.28. The van der Waals surface area contributed by atoms with Gasteiger partial charge in [0.25, 0.3) is 0 Å². The normalized spacial score (nSPS) is 10.5. The Bertz CT molecular complexity index is 371. The number of unbranched alkanes of at least 4 members (excludes halogenated alkanes) is 3. The molecule has 0 aromatic heterocycles. The van der Waals surface area contributed by atoms with Crippen molar-refractivity contribution in [3.05, 3.63) is 29.8 Å². The molecule has 0 radical (unpaired) electrons. The summed E-state index contributed by atoms with van der Waals surface area (Å²) < 4.78 is 0. The molecule has 0 bridgehead atoms. The van der Waals surface area contributed by atoms with Crippen molar-refractivity contribution >= 4 is 23.0 Å². The number of hydrogen-bond donors (Lipinski definition) is 2. The first-order valence-electron chi connectivity index (χ1n) is 7.28. The van der Waals surface area contributed by atoms with Crippen LogP contribution in [0.25, 0.3) is 0 Å². The fourth-order valence-electron chi connectivity index (χ4n) is 1.88. The number of benzene rings is 1. The smallest absolute Gasteiger partial charge is 0.170 e. The molecule has 2 N–H and O–H groups in total. The standard InChI is InChI=1S/C16H26N2S/c1-4-5-6-7-12-17-16(19)18-15-10-8-14(9-11-15)13(2)3/h8-11,13H,4-7,12H2,1-3H3,(H2,17,18,19). The maximum absolute atomic E-state index is 5.28. The number of thiocarbonyl (C=S) groups is 1. The van der Waals surface area contributed by atoms with Gasteiger partial charge in [-0.2, -0.15) is 0 Å². The molecule has 0 amide bonds. The topological polar surface area (TPSA) is 24.1 Å². The third-order valence-electron chi connectivity index (χ3n) is 3.15. The van der Waals surface area contributed by atoms with Crippen molar-refractivity contribution in [3.63, 3.8) is 0 Å². The van der Waals surface area contributed by atoms with Crippen molar-refractivity contribution in [1.82, 2.24) is 5.32 Å². The van der Waals surface area contributed by atoms with Crippen LogP contribution in [-0.4, -0.2) is 11.7 Å². The number of rotatable bonds is 7. The zero-order valence-corrected chi connectivity index (χ0v) is 13.1. The summed E-state index contributed by atoms with van der Waals surface area (Å²) in [5, 5.41) is 7.18. The van der Waals surface area contributed by atoms with Crippen LogP contribution in [0.4, 0.5) is 5.69 Å². The van der Waals surface area contributed by atoms with E-state index in [1.165, 1.54) is 31.2 Å². The molecular weight excluding hydrogens is 252 g/mol. The minimum Gasteiger partial charge on any atom is -0.362 e. The van der Waals surface area contributed by atoms with Gasteiger partial charge in [-0.05, 0) is 42.3 Å². The van der Waals surface area contributed by atoms with E-state index < -0.39 is 0 Å². The molecule has 0 aliphatic carbocycles. The zero-order chi connectivity index (χ0) is 14.1. The van der Waals surface area contributed by atoms with E-state index in [0.29, 0.717) is 11.0 Å². The Morgan fingerprint density at radius 1 is 1.11 bits per heavy atom. The third-order valence-corrected chi connectivity index (χ3v) is 3.40. The highest BCUT2D eigenvalue weighted by Crippen LogP contribution is 2.16. The van der Waals surface area contributed by atoms with E-state index in [1.54, 1.807) is 0 Å². The van der Waals surface area contributed by atoms with Crippen molar-refractivity contribution < 1.29 is 0 Å². The van der Waals surface area contributed by atoms with Crippen LogP contribution in [-0.2, 0) is 0 Å². The van der Waals surface area contributed by atoms with Gasteiger partial charge in [0.1, 0.15) is 0 Å². The van der Waals surface area contributed by atoms with Crippen LogP contribution < -0.4 is 10.6 Å². The molecule has 1 aromatic rings. The number of nitrogens with one attached hydrogen (secondary N) is 2. The molecule has 0 aliphatic heterocycles. The Balaban J connectivity index is 2.28. The predicted octanol–water partition coefficient (Wildman–Crippen LogP) is 4.68. The summed E-state index contributed by atoms with van der Waals surface area (Å²) in [5.41, 5.74) is 2.40. The van der Waals surface area contributed by atoms with Crippen LogP contribution in [0.1, 0.15) is 57.9 Å². The lowest BCUT2D eigenvalue weighted by Gasteiger charge is -2.11. The van der Waals surface area contributed by atoms with Gasteiger partial charge in [0.15, 0.2) is 5.11 Å². The van der Waals surface area contributed by atoms with Gasteiger partial charge in [-0.25, -0.2) is 0 Å². The van der Waals surface area contributed by atoms with Crippen molar-refractivity contribution in [3.8, 4) is 0 Å². The van der Waals surface area contributed by atoms with Crippen LogP contribution in [0.5, 0.6) is 0 Å². The third kappa shape index (κ3) is 6.58. The quantitative estimate of drug-likeness (QED) is 0.559. The molecule has 3 heteroatoms. The molecule has 1 rings (SSSR count). The second-order valence-corrected chi connectivity index (χ2v) is 5.63. The lowest BCUT2D eigenvalue weighted by Crippen LogP contribution is -2.29. The molecule has 1 aromatic carbocycles. The summed E-state index contributed by atoms with van der Waals surface area (Å²) in [6.45, 7) is 7.58. The molecule has 19 heavy (non-hydrogen) atoms. The number of hydrogen-bond acceptors (Lipinski definition) is 1. The number of anilines is 1. The zero-order valence-electron chi connectivity index (χ0n) is 12.3. The van der Waals surface area contributed by atoms with E-state index in [2.05, 4.69) is 55.7 Å². The summed E-state index contributed by atoms with van der Waals surface area (Å²) in [7, 11) is 0. The van der Waals surface area contributed by atoms with Crippen LogP contribution in [0.2, 0.25) is 0 Å². The largest absolute Gasteiger partial charge is 0.362 e. The van der Waals surface area contributed by atoms with Crippen molar-refractivity contribution in [1.29, 1.82) is 0 Å². The fraction of sp³-hybridized carbons (Fsp3) is 0.562. The monoisotopic (exact) mass is 278 g/mol. The second kappa shape index (κ2) is 8.92. The maximum Gasteiger partial charge on any atom is 0.170 e. The van der Waals surface area contributed by atoms with Gasteiger partial charge < -0.3 is 10.6 Å². The van der Waals surface area contributed by atoms with E-state index in [9.17, 15) is 0 Å². The van der Waals surface area contributed by atoms with Crippen molar-refractivity contribution in [2.24, 2.45) is 0 Å². The van der Waals surface area contributed by atoms with Crippen LogP contribution in [0.3, 0.4) is 0 Å². The Kier molecular flexibility index (Phi) is 7.49. The molecule has 0 saturated heterocycles. The van der Waals surface area contributed by atoms with Gasteiger partial charge in [-0.15, -0.1) is 0 Å². The highest BCUT2D eigenvalue weighted by Gasteiger charge is 2.00. The molecule has 0 unspecified atom stereocenters. The minimum absolute atomic E-state index is 0.567. The van der Waals surface area contributed by atoms with Gasteiger partial charge in [0, 0.05) is 12.2 Å². The first-order valence-corrected chi connectivity index (χ1v) is 7.69. The Hall–Kier alpha value is -1.09. The Morgan fingerprint density at radius 2 is 1.79 bits per heavy atom. The van der Waals surface area contributed by atoms with E-state index in [1.807, 2.05) is 0 Å². The summed E-state index contributed by atoms with van der Waals surface area (Å²) >= 11 is 5.28. The van der Waals surface area contributed by atoms with Crippen molar-refractivity contribution in [2.45, 2.75) is 52.4 Å². The van der Waals surface area contributed by atoms with E-state index >= 15 is 0 Å². The highest BCUT2D eigenvalue weighted by atomic mass is 32.1. The van der Waals surface area contributed by atoms with Crippen molar-refractivity contribution in [2.75, 3.05) is 11.9 Å². The molecule has 0 fully saturated rings. The highest BCUT2D eigenvalue weighted by molar-refractivity contribution is 7.80. The average Bonchev–Trinajstić information content (AvgIpc) is 2.39. The van der Waals surface area contributed by atoms with Crippen LogP contribution in [0.15, 0.2) is 24.3 Å². The molecule has 0 aliphatic rings. The van der Waals surface area contributed by atoms with Crippen LogP contribution >= 0.6 is 12.2 Å². The lowest BCUT2D eigenvalue weighted by molar-refractivity contribution is 0.655. The lowest BCUT2D eigenvalue weighted by atomic mass is 10.0. The second-order valence-electron chi connectivity index (χ2n) is 5.22. The Morgan fingerprint density at radius 3 is 2.37 bits per heavy atom. The molecule has 2 nitrogen and oxygen atoms in total. The van der Waals surface area contributed by atoms with Gasteiger partial charge in [-0.3, -0.25) is 0 Å². The molecule has 0 atom stereocenters. The van der Waals surface area contributed by atoms with Gasteiger partial charge >= 0.3 is 0 Å². The summed E-state index contributed by atoms with van der Waals surface area (Å²) in [6, 6.07) is 8.47. The van der Waals surface area contributed by atoms with E-state index in [4.69, 9.17) is 12.2 Å². The van der Waals surface area contributed by atoms with Crippen LogP contribution in [0, 0.1) is 0 Å². The van der Waals surface area contributed by atoms with E-state index in [-0.39, 0.29) is 0 Å². The van der Waals surface area contributed by atoms with Gasteiger partial charge in [0.2, 0.25) is 0 Å². The minimum atomic E-state index is 0.567. The summed E-state index contributed by atoms with van der Waals surface area (Å²) in [5.74, 6) is 0.567. The summed E-state index contributed by atoms with van der Waals surface area (Å²) in [6.07, 6.45) is 5.03. The Labute approximate surface area is 123 Å². The molecule has 0 spiro atoms. The summed E-state index contributed by atoms with van der Waals surface area (Å²) in [4.78, 5) is 0. The van der Waals surface area contributed by atoms with Gasteiger partial charge in [0.05, 0.1) is 0 Å². The molecule has 106 valence electrons. The van der Waals surface area contributed by atoms with Gasteiger partial charge in [-0.1, -0.05) is 52.2 Å². The fourth-order valence-corrected chi connectivity index (χ4v) is 2.10. The van der Waals surface area contributed by atoms with E-state index in [0.717, 1.165) is 12.2 Å². The predicted molar refractivity (Wildman–Crippen MR) is 88.9 cm³/mol. The molecular formula is C16H26N2S. The first-order chi connectivity index (χ1) is 9.13. The first kappa shape index (κ1) is 16.0.